The Balaban J connectivity index is 1.80. The lowest BCUT2D eigenvalue weighted by Gasteiger charge is -2.36. The van der Waals surface area contributed by atoms with E-state index in [1.165, 1.54) is 11.1 Å². The van der Waals surface area contributed by atoms with Crippen molar-refractivity contribution < 1.29 is 0 Å². The molecule has 0 spiro atoms. The number of pyridine rings is 1. The third-order valence-corrected chi connectivity index (χ3v) is 4.74. The van der Waals surface area contributed by atoms with Gasteiger partial charge in [0.2, 0.25) is 0 Å². The number of aromatic nitrogens is 1. The normalized spacial score (nSPS) is 20.6. The van der Waals surface area contributed by atoms with Gasteiger partial charge in [-0.15, -0.1) is 11.3 Å². The van der Waals surface area contributed by atoms with Crippen LogP contribution in [0.5, 0.6) is 0 Å². The van der Waals surface area contributed by atoms with Crippen molar-refractivity contribution in [3.05, 3.63) is 51.4 Å². The summed E-state index contributed by atoms with van der Waals surface area (Å²) in [5.74, 6) is 0. The average Bonchev–Trinajstić information content (AvgIpc) is 2.86. The number of nitrogens with one attached hydrogen (secondary N) is 1. The first-order valence-corrected chi connectivity index (χ1v) is 7.67. The van der Waals surface area contributed by atoms with E-state index in [2.05, 4.69) is 32.7 Å². The van der Waals surface area contributed by atoms with E-state index in [1.807, 2.05) is 18.5 Å². The van der Waals surface area contributed by atoms with E-state index < -0.39 is 0 Å². The van der Waals surface area contributed by atoms with Crippen LogP contribution in [0.1, 0.15) is 17.2 Å². The van der Waals surface area contributed by atoms with Gasteiger partial charge in [-0.25, -0.2) is 0 Å². The van der Waals surface area contributed by atoms with Gasteiger partial charge in [0, 0.05) is 44.6 Å². The quantitative estimate of drug-likeness (QED) is 0.943. The van der Waals surface area contributed by atoms with Crippen LogP contribution in [-0.4, -0.2) is 29.5 Å². The van der Waals surface area contributed by atoms with Crippen molar-refractivity contribution in [3.8, 4) is 0 Å². The first-order chi connectivity index (χ1) is 9.34. The van der Waals surface area contributed by atoms with Gasteiger partial charge in [0.05, 0.1) is 4.34 Å². The van der Waals surface area contributed by atoms with Crippen LogP contribution < -0.4 is 5.32 Å². The molecular formula is C14H16ClN3S. The lowest BCUT2D eigenvalue weighted by Crippen LogP contribution is -2.45. The van der Waals surface area contributed by atoms with E-state index in [1.54, 1.807) is 11.3 Å². The van der Waals surface area contributed by atoms with E-state index in [4.69, 9.17) is 11.6 Å². The Bertz CT molecular complexity index is 528. The molecule has 0 radical (unpaired) electrons. The van der Waals surface area contributed by atoms with Crippen LogP contribution in [0.4, 0.5) is 0 Å². The number of hydrogen-bond acceptors (Lipinski definition) is 4. The van der Waals surface area contributed by atoms with Gasteiger partial charge in [-0.2, -0.15) is 0 Å². The molecule has 1 aliphatic rings. The highest BCUT2D eigenvalue weighted by atomic mass is 35.5. The van der Waals surface area contributed by atoms with Crippen LogP contribution in [-0.2, 0) is 6.54 Å². The minimum absolute atomic E-state index is 0.374. The van der Waals surface area contributed by atoms with Crippen molar-refractivity contribution in [2.45, 2.75) is 12.6 Å². The average molecular weight is 294 g/mol. The maximum Gasteiger partial charge on any atom is 0.0973 e. The molecule has 2 aromatic heterocycles. The first kappa shape index (κ1) is 13.1. The molecule has 3 rings (SSSR count). The van der Waals surface area contributed by atoms with Crippen molar-refractivity contribution in [2.75, 3.05) is 19.6 Å². The fraction of sp³-hybridized carbons (Fsp3) is 0.357. The molecule has 1 aliphatic heterocycles. The summed E-state index contributed by atoms with van der Waals surface area (Å²) in [7, 11) is 0. The van der Waals surface area contributed by atoms with E-state index in [-0.39, 0.29) is 0 Å². The molecule has 1 atom stereocenters. The van der Waals surface area contributed by atoms with Crippen LogP contribution in [0.3, 0.4) is 0 Å². The van der Waals surface area contributed by atoms with Gasteiger partial charge in [-0.05, 0) is 28.6 Å². The van der Waals surface area contributed by atoms with Crippen molar-refractivity contribution in [2.24, 2.45) is 0 Å². The number of hydrogen-bond donors (Lipinski definition) is 1. The molecule has 5 heteroatoms. The van der Waals surface area contributed by atoms with Gasteiger partial charge in [0.25, 0.3) is 0 Å². The van der Waals surface area contributed by atoms with Gasteiger partial charge >= 0.3 is 0 Å². The van der Waals surface area contributed by atoms with E-state index in [0.29, 0.717) is 6.04 Å². The Kier molecular flexibility index (Phi) is 4.13. The second kappa shape index (κ2) is 6.01. The minimum atomic E-state index is 0.374. The van der Waals surface area contributed by atoms with Gasteiger partial charge in [0.1, 0.15) is 0 Å². The molecule has 0 amide bonds. The summed E-state index contributed by atoms with van der Waals surface area (Å²) >= 11 is 7.82. The van der Waals surface area contributed by atoms with Gasteiger partial charge < -0.3 is 5.32 Å². The van der Waals surface area contributed by atoms with Crippen LogP contribution in [0.25, 0.3) is 0 Å². The van der Waals surface area contributed by atoms with Crippen LogP contribution in [0, 0.1) is 0 Å². The Morgan fingerprint density at radius 2 is 2.42 bits per heavy atom. The summed E-state index contributed by atoms with van der Waals surface area (Å²) in [4.78, 5) is 6.70. The second-order valence-electron chi connectivity index (χ2n) is 4.70. The zero-order valence-corrected chi connectivity index (χ0v) is 12.1. The smallest absolute Gasteiger partial charge is 0.0973 e. The van der Waals surface area contributed by atoms with Crippen molar-refractivity contribution in [1.29, 1.82) is 0 Å². The van der Waals surface area contributed by atoms with Crippen molar-refractivity contribution in [3.63, 3.8) is 0 Å². The first-order valence-electron chi connectivity index (χ1n) is 6.41. The van der Waals surface area contributed by atoms with Crippen LogP contribution in [0.15, 0.2) is 36.0 Å². The van der Waals surface area contributed by atoms with Crippen LogP contribution >= 0.6 is 22.9 Å². The second-order valence-corrected chi connectivity index (χ2v) is 6.21. The number of thiophene rings is 1. The molecule has 100 valence electrons. The zero-order valence-electron chi connectivity index (χ0n) is 10.6. The summed E-state index contributed by atoms with van der Waals surface area (Å²) < 4.78 is 0.906. The third kappa shape index (κ3) is 2.98. The Morgan fingerprint density at radius 1 is 1.47 bits per heavy atom. The molecule has 0 bridgehead atoms. The molecule has 19 heavy (non-hydrogen) atoms. The fourth-order valence-corrected chi connectivity index (χ4v) is 3.40. The summed E-state index contributed by atoms with van der Waals surface area (Å²) in [5, 5.41) is 5.51. The highest BCUT2D eigenvalue weighted by Gasteiger charge is 2.24. The standard InChI is InChI=1S/C14H16ClN3S/c15-14-12(3-7-19-14)10-18-6-5-17-9-13(18)11-2-1-4-16-8-11/h1-4,7-8,13,17H,5-6,9-10H2. The molecule has 0 aromatic carbocycles. The number of halogens is 1. The van der Waals surface area contributed by atoms with E-state index in [9.17, 15) is 0 Å². The van der Waals surface area contributed by atoms with Crippen molar-refractivity contribution >= 4 is 22.9 Å². The lowest BCUT2D eigenvalue weighted by atomic mass is 10.0. The summed E-state index contributed by atoms with van der Waals surface area (Å²) in [6.45, 7) is 3.93. The molecule has 1 fully saturated rings. The molecular weight excluding hydrogens is 278 g/mol. The number of rotatable bonds is 3. The Hall–Kier alpha value is -0.940. The predicted molar refractivity (Wildman–Crippen MR) is 79.6 cm³/mol. The van der Waals surface area contributed by atoms with E-state index >= 15 is 0 Å². The van der Waals surface area contributed by atoms with Gasteiger partial charge in [-0.3, -0.25) is 9.88 Å². The molecule has 1 saturated heterocycles. The van der Waals surface area contributed by atoms with E-state index in [0.717, 1.165) is 30.5 Å². The topological polar surface area (TPSA) is 28.2 Å². The summed E-state index contributed by atoms with van der Waals surface area (Å²) in [6.07, 6.45) is 3.78. The maximum absolute atomic E-state index is 6.22. The summed E-state index contributed by atoms with van der Waals surface area (Å²) in [5.41, 5.74) is 2.49. The predicted octanol–water partition coefficient (Wildman–Crippen LogP) is 2.94. The number of nitrogens with zero attached hydrogens (tertiary/aromatic N) is 2. The lowest BCUT2D eigenvalue weighted by molar-refractivity contribution is 0.153. The van der Waals surface area contributed by atoms with Gasteiger partial charge in [0.15, 0.2) is 0 Å². The highest BCUT2D eigenvalue weighted by Crippen LogP contribution is 2.28. The minimum Gasteiger partial charge on any atom is -0.314 e. The molecule has 0 saturated carbocycles. The molecule has 1 N–H and O–H groups in total. The molecule has 2 aromatic rings. The Labute approximate surface area is 122 Å². The monoisotopic (exact) mass is 293 g/mol. The molecule has 3 nitrogen and oxygen atoms in total. The molecule has 1 unspecified atom stereocenters. The Morgan fingerprint density at radius 3 is 3.16 bits per heavy atom. The SMILES string of the molecule is Clc1sccc1CN1CCNCC1c1cccnc1. The van der Waals surface area contributed by atoms with Crippen LogP contribution in [0.2, 0.25) is 4.34 Å². The third-order valence-electron chi connectivity index (χ3n) is 3.49. The highest BCUT2D eigenvalue weighted by molar-refractivity contribution is 7.14. The largest absolute Gasteiger partial charge is 0.314 e. The molecule has 0 aliphatic carbocycles. The fourth-order valence-electron chi connectivity index (χ4n) is 2.49. The molecule has 3 heterocycles. The van der Waals surface area contributed by atoms with Crippen molar-refractivity contribution in [1.82, 2.24) is 15.2 Å². The zero-order chi connectivity index (χ0) is 13.1. The maximum atomic E-state index is 6.22. The number of piperazine rings is 1. The summed E-state index contributed by atoms with van der Waals surface area (Å²) in [6, 6.07) is 6.64. The van der Waals surface area contributed by atoms with Gasteiger partial charge in [-0.1, -0.05) is 17.7 Å².